The minimum Gasteiger partial charge on any atom is -0.466 e. The van der Waals surface area contributed by atoms with Gasteiger partial charge in [-0.15, -0.1) is 0 Å². The van der Waals surface area contributed by atoms with Crippen LogP contribution in [0.15, 0.2) is 24.3 Å². The molecule has 0 heterocycles. The zero-order valence-corrected chi connectivity index (χ0v) is 51.5. The summed E-state index contributed by atoms with van der Waals surface area (Å²) in [6.07, 6.45) is 82.4. The van der Waals surface area contributed by atoms with E-state index in [1.54, 1.807) is 0 Å². The Morgan fingerprint density at radius 3 is 1.00 bits per heavy atom. The van der Waals surface area contributed by atoms with E-state index in [4.69, 9.17) is 4.74 Å². The molecule has 450 valence electrons. The first kappa shape index (κ1) is 74.3. The second-order valence-electron chi connectivity index (χ2n) is 23.9. The Kier molecular flexibility index (Phi) is 64.4. The summed E-state index contributed by atoms with van der Waals surface area (Å²) >= 11 is 0. The third-order valence-electron chi connectivity index (χ3n) is 16.3. The average Bonchev–Trinajstić information content (AvgIpc) is 3.42. The molecular weight excluding hydrogens is 935 g/mol. The van der Waals surface area contributed by atoms with Gasteiger partial charge in [-0.25, -0.2) is 0 Å². The summed E-state index contributed by atoms with van der Waals surface area (Å²) in [5.41, 5.74) is 0. The van der Waals surface area contributed by atoms with Crippen LogP contribution < -0.4 is 5.32 Å². The molecule has 76 heavy (non-hydrogen) atoms. The van der Waals surface area contributed by atoms with Crippen LogP contribution in [0.3, 0.4) is 0 Å². The summed E-state index contributed by atoms with van der Waals surface area (Å²) in [6, 6.07) is -0.537. The van der Waals surface area contributed by atoms with Crippen molar-refractivity contribution in [2.24, 2.45) is 0 Å². The van der Waals surface area contributed by atoms with Gasteiger partial charge in [-0.05, 0) is 57.8 Å². The van der Waals surface area contributed by atoms with Crippen molar-refractivity contribution in [3.8, 4) is 0 Å². The van der Waals surface area contributed by atoms with Crippen LogP contribution in [0.5, 0.6) is 0 Å². The minimum absolute atomic E-state index is 0.0195. The van der Waals surface area contributed by atoms with Gasteiger partial charge in [0.25, 0.3) is 0 Å². The van der Waals surface area contributed by atoms with Gasteiger partial charge in [-0.1, -0.05) is 340 Å². The molecular formula is C70H135NO5. The maximum atomic E-state index is 12.4. The number of rotatable bonds is 65. The second kappa shape index (κ2) is 65.9. The van der Waals surface area contributed by atoms with Crippen LogP contribution in [0.4, 0.5) is 0 Å². The predicted octanol–water partition coefficient (Wildman–Crippen LogP) is 22.1. The molecule has 3 N–H and O–H groups in total. The Bertz CT molecular complexity index is 1190. The zero-order valence-electron chi connectivity index (χ0n) is 51.5. The molecule has 0 rings (SSSR count). The lowest BCUT2D eigenvalue weighted by Crippen LogP contribution is -2.45. The van der Waals surface area contributed by atoms with Gasteiger partial charge < -0.3 is 20.3 Å². The molecule has 0 radical (unpaired) electrons. The van der Waals surface area contributed by atoms with E-state index in [9.17, 15) is 19.8 Å². The largest absolute Gasteiger partial charge is 0.466 e. The highest BCUT2D eigenvalue weighted by Crippen LogP contribution is 2.19. The minimum atomic E-state index is -0.660. The van der Waals surface area contributed by atoms with Crippen LogP contribution in [-0.4, -0.2) is 47.4 Å². The van der Waals surface area contributed by atoms with Crippen molar-refractivity contribution < 1.29 is 24.5 Å². The molecule has 6 heteroatoms. The fourth-order valence-corrected chi connectivity index (χ4v) is 11.0. The molecule has 1 amide bonds. The molecule has 0 aromatic rings. The van der Waals surface area contributed by atoms with Crippen molar-refractivity contribution in [1.29, 1.82) is 0 Å². The standard InChI is InChI=1S/C70H135NO5/c1-3-5-7-9-11-13-15-16-41-44-48-52-56-60-64-70(75)76-65-61-57-53-49-45-42-39-37-35-33-31-29-27-25-23-21-19-17-18-20-22-24-26-28-30-32-34-36-38-40-43-47-51-55-59-63-69(74)71-67(66-72)68(73)62-58-54-50-46-14-12-10-8-6-4-2/h19,21,25,27,67-68,72-73H,3-18,20,22-24,26,28-66H2,1-2H3,(H,71,74)/b21-19-,27-25-. The van der Waals surface area contributed by atoms with Gasteiger partial charge in [0.05, 0.1) is 25.4 Å². The highest BCUT2D eigenvalue weighted by molar-refractivity contribution is 5.76. The first-order valence-electron chi connectivity index (χ1n) is 34.6. The number of nitrogens with one attached hydrogen (secondary N) is 1. The molecule has 2 atom stereocenters. The number of carbonyl (C=O) groups excluding carboxylic acids is 2. The molecule has 0 aliphatic carbocycles. The number of hydrogen-bond acceptors (Lipinski definition) is 5. The van der Waals surface area contributed by atoms with Crippen LogP contribution in [0.25, 0.3) is 0 Å². The van der Waals surface area contributed by atoms with Crippen LogP contribution in [0.1, 0.15) is 386 Å². The number of ether oxygens (including phenoxy) is 1. The van der Waals surface area contributed by atoms with Gasteiger partial charge in [-0.3, -0.25) is 9.59 Å². The van der Waals surface area contributed by atoms with Crippen molar-refractivity contribution in [3.05, 3.63) is 24.3 Å². The average molecular weight is 1070 g/mol. The molecule has 0 aliphatic rings. The van der Waals surface area contributed by atoms with Gasteiger partial charge in [0.15, 0.2) is 0 Å². The van der Waals surface area contributed by atoms with Crippen molar-refractivity contribution in [2.45, 2.75) is 398 Å². The molecule has 0 fully saturated rings. The maximum absolute atomic E-state index is 12.4. The highest BCUT2D eigenvalue weighted by Gasteiger charge is 2.20. The number of allylic oxidation sites excluding steroid dienone is 4. The Morgan fingerprint density at radius 2 is 0.658 bits per heavy atom. The smallest absolute Gasteiger partial charge is 0.305 e. The van der Waals surface area contributed by atoms with Crippen LogP contribution >= 0.6 is 0 Å². The topological polar surface area (TPSA) is 95.9 Å². The highest BCUT2D eigenvalue weighted by atomic mass is 16.5. The van der Waals surface area contributed by atoms with E-state index in [0.29, 0.717) is 25.9 Å². The van der Waals surface area contributed by atoms with Crippen LogP contribution in [-0.2, 0) is 14.3 Å². The van der Waals surface area contributed by atoms with E-state index in [1.165, 1.54) is 308 Å². The van der Waals surface area contributed by atoms with Crippen molar-refractivity contribution in [3.63, 3.8) is 0 Å². The fraction of sp³-hybridized carbons (Fsp3) is 0.914. The SMILES string of the molecule is CCCCCCCCCCCCCCCCC(=O)OCCCCCCCCCCCCC/C=C\C/C=C\CCCCCCCCCCCCCCCCCCCC(=O)NC(CO)C(O)CCCCCCCCCCCC. The molecule has 0 saturated heterocycles. The molecule has 0 saturated carbocycles. The number of unbranched alkanes of at least 4 members (excludes halogenated alkanes) is 50. The predicted molar refractivity (Wildman–Crippen MR) is 333 cm³/mol. The van der Waals surface area contributed by atoms with E-state index in [-0.39, 0.29) is 18.5 Å². The normalized spacial score (nSPS) is 12.6. The lowest BCUT2D eigenvalue weighted by molar-refractivity contribution is -0.143. The second-order valence-corrected chi connectivity index (χ2v) is 23.9. The Labute approximate surface area is 475 Å². The first-order chi connectivity index (χ1) is 37.5. The van der Waals surface area contributed by atoms with Gasteiger partial charge in [0, 0.05) is 12.8 Å². The van der Waals surface area contributed by atoms with Crippen molar-refractivity contribution >= 4 is 11.9 Å². The Balaban J connectivity index is 3.34. The molecule has 0 aromatic carbocycles. The van der Waals surface area contributed by atoms with E-state index in [1.807, 2.05) is 0 Å². The van der Waals surface area contributed by atoms with Crippen molar-refractivity contribution in [2.75, 3.05) is 13.2 Å². The zero-order chi connectivity index (χ0) is 55.0. The molecule has 0 aromatic heterocycles. The molecule has 0 bridgehead atoms. The van der Waals surface area contributed by atoms with Crippen molar-refractivity contribution in [1.82, 2.24) is 5.32 Å². The third-order valence-corrected chi connectivity index (χ3v) is 16.3. The number of aliphatic hydroxyl groups is 2. The summed E-state index contributed by atoms with van der Waals surface area (Å²) in [4.78, 5) is 24.5. The number of amides is 1. The molecule has 0 spiro atoms. The monoisotopic (exact) mass is 1070 g/mol. The summed E-state index contributed by atoms with van der Waals surface area (Å²) < 4.78 is 5.49. The summed E-state index contributed by atoms with van der Waals surface area (Å²) in [7, 11) is 0. The lowest BCUT2D eigenvalue weighted by atomic mass is 10.0. The first-order valence-corrected chi connectivity index (χ1v) is 34.6. The summed E-state index contributed by atoms with van der Waals surface area (Å²) in [6.45, 7) is 4.97. The Hall–Kier alpha value is -1.66. The number of carbonyl (C=O) groups is 2. The number of esters is 1. The van der Waals surface area contributed by atoms with Crippen LogP contribution in [0, 0.1) is 0 Å². The summed E-state index contributed by atoms with van der Waals surface area (Å²) in [5.74, 6) is -0.0131. The summed E-state index contributed by atoms with van der Waals surface area (Å²) in [5, 5.41) is 23.2. The van der Waals surface area contributed by atoms with E-state index >= 15 is 0 Å². The number of hydrogen-bond donors (Lipinski definition) is 3. The lowest BCUT2D eigenvalue weighted by Gasteiger charge is -2.22. The number of aliphatic hydroxyl groups excluding tert-OH is 2. The van der Waals surface area contributed by atoms with Gasteiger partial charge in [-0.2, -0.15) is 0 Å². The fourth-order valence-electron chi connectivity index (χ4n) is 11.0. The van der Waals surface area contributed by atoms with Gasteiger partial charge in [0.2, 0.25) is 5.91 Å². The molecule has 2 unspecified atom stereocenters. The van der Waals surface area contributed by atoms with Gasteiger partial charge >= 0.3 is 5.97 Å². The van der Waals surface area contributed by atoms with Crippen LogP contribution in [0.2, 0.25) is 0 Å². The van der Waals surface area contributed by atoms with E-state index in [2.05, 4.69) is 43.5 Å². The Morgan fingerprint density at radius 1 is 0.368 bits per heavy atom. The van der Waals surface area contributed by atoms with E-state index in [0.717, 1.165) is 44.9 Å². The molecule has 6 nitrogen and oxygen atoms in total. The maximum Gasteiger partial charge on any atom is 0.305 e. The third kappa shape index (κ3) is 61.6. The van der Waals surface area contributed by atoms with Gasteiger partial charge in [0.1, 0.15) is 0 Å². The molecule has 0 aliphatic heterocycles. The van der Waals surface area contributed by atoms with E-state index < -0.39 is 12.1 Å². The quantitative estimate of drug-likeness (QED) is 0.0320.